The van der Waals surface area contributed by atoms with Crippen molar-refractivity contribution < 1.29 is 0 Å². The van der Waals surface area contributed by atoms with Crippen molar-refractivity contribution in [2.75, 3.05) is 0 Å². The number of aromatic amines is 1. The maximum Gasteiger partial charge on any atom is 0.0931 e. The van der Waals surface area contributed by atoms with E-state index in [0.29, 0.717) is 0 Å². The minimum absolute atomic E-state index is 0.929. The highest BCUT2D eigenvalue weighted by Gasteiger charge is 1.96. The second kappa shape index (κ2) is 4.45. The maximum absolute atomic E-state index is 4.68. The zero-order chi connectivity index (χ0) is 12.4. The molecule has 0 atom stereocenters. The second-order valence-corrected chi connectivity index (χ2v) is 4.13. The van der Waals surface area contributed by atoms with E-state index in [9.17, 15) is 0 Å². The van der Waals surface area contributed by atoms with Crippen LogP contribution in [-0.4, -0.2) is 15.0 Å². The number of hydrogen-bond acceptors (Lipinski definition) is 2. The number of nitrogens with one attached hydrogen (secondary N) is 1. The molecule has 0 fully saturated rings. The summed E-state index contributed by atoms with van der Waals surface area (Å²) in [6.07, 6.45) is 1.71. The van der Waals surface area contributed by atoms with Crippen LogP contribution in [0.15, 0.2) is 54.9 Å². The zero-order valence-electron chi connectivity index (χ0n) is 10.1. The summed E-state index contributed by atoms with van der Waals surface area (Å²) in [5.41, 5.74) is 3.80. The Morgan fingerprint density at radius 2 is 1.61 bits per heavy atom. The van der Waals surface area contributed by atoms with Crippen molar-refractivity contribution in [1.29, 1.82) is 0 Å². The van der Waals surface area contributed by atoms with Gasteiger partial charge in [-0.25, -0.2) is 4.98 Å². The van der Waals surface area contributed by atoms with Crippen molar-refractivity contribution in [1.82, 2.24) is 15.0 Å². The summed E-state index contributed by atoms with van der Waals surface area (Å²) in [5.74, 6) is 0. The molecule has 0 aliphatic heterocycles. The third kappa shape index (κ3) is 1.91. The molecule has 0 radical (unpaired) electrons. The van der Waals surface area contributed by atoms with Gasteiger partial charge in [0.05, 0.1) is 22.9 Å². The molecule has 3 aromatic rings. The summed E-state index contributed by atoms with van der Waals surface area (Å²) in [6.45, 7) is 2.01. The molecule has 1 heterocycles. The smallest absolute Gasteiger partial charge is 0.0931 e. The monoisotopic (exact) mass is 235 g/mol. The normalized spacial score (nSPS) is 10.5. The molecule has 0 aliphatic rings. The van der Waals surface area contributed by atoms with Gasteiger partial charge in [-0.1, -0.05) is 30.3 Å². The molecule has 0 bridgehead atoms. The minimum Gasteiger partial charge on any atom is -0.345 e. The molecular formula is C15H13N3. The Hall–Kier alpha value is -2.42. The lowest BCUT2D eigenvalue weighted by molar-refractivity contribution is 1.27. The number of benzene rings is 2. The molecule has 1 N–H and O–H groups in total. The Balaban J connectivity index is 2.53. The Labute approximate surface area is 105 Å². The Morgan fingerprint density at radius 3 is 2.50 bits per heavy atom. The molecule has 3 nitrogen and oxygen atoms in total. The van der Waals surface area contributed by atoms with E-state index >= 15 is 0 Å². The number of aromatic nitrogens is 3. The standard InChI is InChI=1S/C15H13N3/c1-11-12-6-2-3-7-13(12)16-10-17-14-8-4-5-9-15(14)18-11/h2-10H,1H3,(H,16,17). The van der Waals surface area contributed by atoms with Gasteiger partial charge in [-0.15, -0.1) is 0 Å². The molecule has 2 aromatic carbocycles. The van der Waals surface area contributed by atoms with Gasteiger partial charge < -0.3 is 4.98 Å². The first kappa shape index (κ1) is 10.7. The third-order valence-electron chi connectivity index (χ3n) is 2.91. The summed E-state index contributed by atoms with van der Waals surface area (Å²) in [6, 6.07) is 16.0. The van der Waals surface area contributed by atoms with E-state index < -0.39 is 0 Å². The number of nitrogens with zero attached hydrogens (tertiary/aromatic N) is 2. The van der Waals surface area contributed by atoms with Gasteiger partial charge in [0.1, 0.15) is 0 Å². The highest BCUT2D eigenvalue weighted by atomic mass is 14.8. The van der Waals surface area contributed by atoms with Gasteiger partial charge in [-0.2, -0.15) is 0 Å². The van der Waals surface area contributed by atoms with E-state index in [2.05, 4.69) is 15.0 Å². The van der Waals surface area contributed by atoms with Crippen molar-refractivity contribution in [3.05, 3.63) is 60.6 Å². The van der Waals surface area contributed by atoms with Crippen LogP contribution in [0, 0.1) is 6.92 Å². The van der Waals surface area contributed by atoms with Gasteiger partial charge in [0.2, 0.25) is 0 Å². The summed E-state index contributed by atoms with van der Waals surface area (Å²) in [7, 11) is 0. The van der Waals surface area contributed by atoms with Gasteiger partial charge in [0.25, 0.3) is 0 Å². The molecule has 0 saturated carbocycles. The van der Waals surface area contributed by atoms with Crippen LogP contribution in [0.25, 0.3) is 21.9 Å². The average Bonchev–Trinajstić information content (AvgIpc) is 2.47. The van der Waals surface area contributed by atoms with Gasteiger partial charge in [-0.3, -0.25) is 4.98 Å². The number of rotatable bonds is 0. The van der Waals surface area contributed by atoms with Crippen LogP contribution in [-0.2, 0) is 0 Å². The SMILES string of the molecule is Cc1nc2ccccc2[nH]cnc2ccccc12. The van der Waals surface area contributed by atoms with E-state index in [-0.39, 0.29) is 0 Å². The number of aryl methyl sites for hydroxylation is 1. The fraction of sp³-hybridized carbons (Fsp3) is 0.0667. The first-order chi connectivity index (χ1) is 8.84. The maximum atomic E-state index is 4.68. The predicted molar refractivity (Wildman–Crippen MR) is 73.8 cm³/mol. The molecule has 18 heavy (non-hydrogen) atoms. The second-order valence-electron chi connectivity index (χ2n) is 4.13. The number of para-hydroxylation sites is 3. The van der Waals surface area contributed by atoms with Crippen LogP contribution in [0.3, 0.4) is 0 Å². The zero-order valence-corrected chi connectivity index (χ0v) is 10.1. The number of fused-ring (bicyclic) bond motifs is 2. The molecule has 0 spiro atoms. The average molecular weight is 235 g/mol. The third-order valence-corrected chi connectivity index (χ3v) is 2.91. The van der Waals surface area contributed by atoms with E-state index in [1.807, 2.05) is 55.5 Å². The minimum atomic E-state index is 0.929. The largest absolute Gasteiger partial charge is 0.345 e. The lowest BCUT2D eigenvalue weighted by Gasteiger charge is -1.95. The first-order valence-electron chi connectivity index (χ1n) is 5.87. The van der Waals surface area contributed by atoms with Crippen LogP contribution in [0.2, 0.25) is 0 Å². The van der Waals surface area contributed by atoms with E-state index in [1.165, 1.54) is 0 Å². The molecule has 0 amide bonds. The van der Waals surface area contributed by atoms with Gasteiger partial charge >= 0.3 is 0 Å². The van der Waals surface area contributed by atoms with Crippen molar-refractivity contribution in [2.45, 2.75) is 6.92 Å². The molecular weight excluding hydrogens is 222 g/mol. The molecule has 0 unspecified atom stereocenters. The molecule has 0 saturated heterocycles. The van der Waals surface area contributed by atoms with Crippen LogP contribution in [0.4, 0.5) is 0 Å². The lowest BCUT2D eigenvalue weighted by Crippen LogP contribution is -1.81. The topological polar surface area (TPSA) is 41.6 Å². The van der Waals surface area contributed by atoms with Crippen molar-refractivity contribution >= 4 is 21.9 Å². The van der Waals surface area contributed by atoms with Gasteiger partial charge in [0.15, 0.2) is 0 Å². The predicted octanol–water partition coefficient (Wildman–Crippen LogP) is 3.54. The van der Waals surface area contributed by atoms with E-state index in [4.69, 9.17) is 0 Å². The Morgan fingerprint density at radius 1 is 0.889 bits per heavy atom. The fourth-order valence-corrected chi connectivity index (χ4v) is 2.00. The van der Waals surface area contributed by atoms with Crippen LogP contribution >= 0.6 is 0 Å². The van der Waals surface area contributed by atoms with Crippen LogP contribution in [0.1, 0.15) is 5.69 Å². The summed E-state index contributed by atoms with van der Waals surface area (Å²) >= 11 is 0. The van der Waals surface area contributed by atoms with E-state index in [0.717, 1.165) is 27.6 Å². The molecule has 1 aromatic heterocycles. The number of hydrogen-bond donors (Lipinski definition) is 1. The quantitative estimate of drug-likeness (QED) is 0.647. The van der Waals surface area contributed by atoms with Gasteiger partial charge in [-0.05, 0) is 25.1 Å². The first-order valence-corrected chi connectivity index (χ1v) is 5.87. The fourth-order valence-electron chi connectivity index (χ4n) is 2.00. The number of H-pyrrole nitrogens is 1. The summed E-state index contributed by atoms with van der Waals surface area (Å²) < 4.78 is 0. The molecule has 88 valence electrons. The Kier molecular flexibility index (Phi) is 2.65. The highest BCUT2D eigenvalue weighted by Crippen LogP contribution is 2.13. The highest BCUT2D eigenvalue weighted by molar-refractivity contribution is 5.81. The van der Waals surface area contributed by atoms with E-state index in [1.54, 1.807) is 6.33 Å². The van der Waals surface area contributed by atoms with Crippen molar-refractivity contribution in [3.8, 4) is 0 Å². The summed E-state index contributed by atoms with van der Waals surface area (Å²) in [4.78, 5) is 12.3. The van der Waals surface area contributed by atoms with Gasteiger partial charge in [0, 0.05) is 11.1 Å². The van der Waals surface area contributed by atoms with Crippen LogP contribution < -0.4 is 0 Å². The van der Waals surface area contributed by atoms with Crippen LogP contribution in [0.5, 0.6) is 0 Å². The lowest BCUT2D eigenvalue weighted by atomic mass is 10.2. The Bertz CT molecular complexity index is 758. The summed E-state index contributed by atoms with van der Waals surface area (Å²) in [5, 5.41) is 1.06. The molecule has 3 rings (SSSR count). The van der Waals surface area contributed by atoms with Crippen molar-refractivity contribution in [3.63, 3.8) is 0 Å². The molecule has 0 aliphatic carbocycles. The van der Waals surface area contributed by atoms with Crippen molar-refractivity contribution in [2.24, 2.45) is 0 Å². The molecule has 3 heteroatoms.